The Balaban J connectivity index is 2.90. The van der Waals surface area contributed by atoms with Crippen molar-refractivity contribution in [1.29, 1.82) is 0 Å². The number of sulfonamides is 1. The van der Waals surface area contributed by atoms with Gasteiger partial charge in [0, 0.05) is 32.1 Å². The van der Waals surface area contributed by atoms with Crippen LogP contribution >= 0.6 is 11.6 Å². The molecule has 1 aromatic rings. The largest absolute Gasteiger partial charge is 0.326 e. The van der Waals surface area contributed by atoms with E-state index in [9.17, 15) is 13.2 Å². The first-order valence-electron chi connectivity index (χ1n) is 6.68. The van der Waals surface area contributed by atoms with E-state index in [4.69, 9.17) is 11.6 Å². The number of aryl methyl sites for hydroxylation is 1. The maximum Gasteiger partial charge on any atom is 0.242 e. The SMILES string of the molecule is Cc1ccc(NC(=O)CCCCCl)cc1S(=O)(=O)N(C)C. The molecule has 7 heteroatoms. The summed E-state index contributed by atoms with van der Waals surface area (Å²) < 4.78 is 25.6. The van der Waals surface area contributed by atoms with Gasteiger partial charge < -0.3 is 5.32 Å². The van der Waals surface area contributed by atoms with Crippen molar-refractivity contribution in [2.75, 3.05) is 25.3 Å². The molecule has 21 heavy (non-hydrogen) atoms. The Morgan fingerprint density at radius 1 is 1.29 bits per heavy atom. The second-order valence-corrected chi connectivity index (χ2v) is 7.46. The van der Waals surface area contributed by atoms with Crippen LogP contribution in [0.3, 0.4) is 0 Å². The molecule has 1 rings (SSSR count). The first kappa shape index (κ1) is 17.9. The first-order chi connectivity index (χ1) is 9.78. The predicted octanol–water partition coefficient (Wildman–Crippen LogP) is 2.59. The summed E-state index contributed by atoms with van der Waals surface area (Å²) in [5.74, 6) is 0.389. The molecular weight excluding hydrogens is 312 g/mol. The van der Waals surface area contributed by atoms with Gasteiger partial charge in [-0.15, -0.1) is 11.6 Å². The molecule has 0 spiro atoms. The number of hydrogen-bond donors (Lipinski definition) is 1. The standard InChI is InChI=1S/C14H21ClN2O3S/c1-11-7-8-12(16-14(18)6-4-5-9-15)10-13(11)21(19,20)17(2)3/h7-8,10H,4-6,9H2,1-3H3,(H,16,18). The molecular formula is C14H21ClN2O3S. The molecule has 118 valence electrons. The number of benzene rings is 1. The van der Waals surface area contributed by atoms with Gasteiger partial charge in [0.1, 0.15) is 0 Å². The monoisotopic (exact) mass is 332 g/mol. The van der Waals surface area contributed by atoms with E-state index in [-0.39, 0.29) is 10.8 Å². The van der Waals surface area contributed by atoms with Crippen molar-refractivity contribution >= 4 is 33.2 Å². The van der Waals surface area contributed by atoms with E-state index in [1.165, 1.54) is 20.2 Å². The molecule has 0 aliphatic heterocycles. The number of rotatable bonds is 7. The Hall–Kier alpha value is -1.11. The zero-order valence-electron chi connectivity index (χ0n) is 12.5. The number of unbranched alkanes of at least 4 members (excludes halogenated alkanes) is 1. The van der Waals surface area contributed by atoms with Crippen molar-refractivity contribution in [3.05, 3.63) is 23.8 Å². The Bertz CT molecular complexity index is 600. The van der Waals surface area contributed by atoms with E-state index in [0.717, 1.165) is 10.7 Å². The van der Waals surface area contributed by atoms with Crippen molar-refractivity contribution in [3.8, 4) is 0 Å². The molecule has 0 aromatic heterocycles. The molecule has 0 saturated heterocycles. The fraction of sp³-hybridized carbons (Fsp3) is 0.500. The Morgan fingerprint density at radius 2 is 1.95 bits per heavy atom. The van der Waals surface area contributed by atoms with Crippen LogP contribution in [0.15, 0.2) is 23.1 Å². The van der Waals surface area contributed by atoms with Gasteiger partial charge in [-0.25, -0.2) is 12.7 Å². The van der Waals surface area contributed by atoms with Crippen LogP contribution in [0, 0.1) is 6.92 Å². The van der Waals surface area contributed by atoms with Gasteiger partial charge in [-0.2, -0.15) is 0 Å². The fourth-order valence-corrected chi connectivity index (χ4v) is 3.09. The molecule has 0 heterocycles. The molecule has 0 aliphatic rings. The highest BCUT2D eigenvalue weighted by Crippen LogP contribution is 2.22. The van der Waals surface area contributed by atoms with Crippen LogP contribution in [-0.2, 0) is 14.8 Å². The third kappa shape index (κ3) is 4.98. The number of carbonyl (C=O) groups is 1. The summed E-state index contributed by atoms with van der Waals surface area (Å²) in [5.41, 5.74) is 1.13. The Kier molecular flexibility index (Phi) is 6.64. The minimum absolute atomic E-state index is 0.142. The predicted molar refractivity (Wildman–Crippen MR) is 85.3 cm³/mol. The van der Waals surface area contributed by atoms with Crippen molar-refractivity contribution in [3.63, 3.8) is 0 Å². The molecule has 0 atom stereocenters. The van der Waals surface area contributed by atoms with Crippen LogP contribution in [0.1, 0.15) is 24.8 Å². The maximum atomic E-state index is 12.2. The molecule has 0 radical (unpaired) electrons. The van der Waals surface area contributed by atoms with E-state index in [0.29, 0.717) is 30.0 Å². The van der Waals surface area contributed by atoms with Crippen LogP contribution in [0.25, 0.3) is 0 Å². The van der Waals surface area contributed by atoms with Crippen LogP contribution in [0.5, 0.6) is 0 Å². The zero-order chi connectivity index (χ0) is 16.0. The van der Waals surface area contributed by atoms with Gasteiger partial charge in [0.2, 0.25) is 15.9 Å². The van der Waals surface area contributed by atoms with Crippen molar-refractivity contribution < 1.29 is 13.2 Å². The van der Waals surface area contributed by atoms with Gasteiger partial charge in [0.25, 0.3) is 0 Å². The van der Waals surface area contributed by atoms with E-state index in [1.54, 1.807) is 19.1 Å². The Labute approximate surface area is 131 Å². The number of alkyl halides is 1. The normalized spacial score (nSPS) is 11.7. The van der Waals surface area contributed by atoms with Crippen LogP contribution in [0.4, 0.5) is 5.69 Å². The highest BCUT2D eigenvalue weighted by atomic mass is 35.5. The summed E-state index contributed by atoms with van der Waals surface area (Å²) in [6, 6.07) is 4.87. The van der Waals surface area contributed by atoms with Crippen LogP contribution in [0.2, 0.25) is 0 Å². The lowest BCUT2D eigenvalue weighted by atomic mass is 10.2. The molecule has 0 fully saturated rings. The first-order valence-corrected chi connectivity index (χ1v) is 8.65. The molecule has 0 aliphatic carbocycles. The minimum atomic E-state index is -3.52. The molecule has 1 aromatic carbocycles. The van der Waals surface area contributed by atoms with Gasteiger partial charge in [-0.3, -0.25) is 4.79 Å². The summed E-state index contributed by atoms with van der Waals surface area (Å²) in [5, 5.41) is 2.71. The minimum Gasteiger partial charge on any atom is -0.326 e. The van der Waals surface area contributed by atoms with E-state index < -0.39 is 10.0 Å². The smallest absolute Gasteiger partial charge is 0.242 e. The molecule has 1 amide bonds. The highest BCUT2D eigenvalue weighted by molar-refractivity contribution is 7.89. The third-order valence-electron chi connectivity index (χ3n) is 3.02. The molecule has 0 bridgehead atoms. The summed E-state index contributed by atoms with van der Waals surface area (Å²) >= 11 is 5.56. The number of nitrogens with one attached hydrogen (secondary N) is 1. The van der Waals surface area contributed by atoms with Gasteiger partial charge in [-0.05, 0) is 37.5 Å². The molecule has 5 nitrogen and oxygen atoms in total. The second-order valence-electron chi connectivity index (χ2n) is 4.96. The highest BCUT2D eigenvalue weighted by Gasteiger charge is 2.20. The fourth-order valence-electron chi connectivity index (χ4n) is 1.76. The van der Waals surface area contributed by atoms with Gasteiger partial charge in [0.05, 0.1) is 4.90 Å². The molecule has 0 saturated carbocycles. The number of hydrogen-bond acceptors (Lipinski definition) is 3. The van der Waals surface area contributed by atoms with E-state index in [2.05, 4.69) is 5.32 Å². The summed E-state index contributed by atoms with van der Waals surface area (Å²) in [6.45, 7) is 1.72. The number of halogens is 1. The number of amides is 1. The lowest BCUT2D eigenvalue weighted by Crippen LogP contribution is -2.23. The number of nitrogens with zero attached hydrogens (tertiary/aromatic N) is 1. The van der Waals surface area contributed by atoms with Crippen molar-refractivity contribution in [1.82, 2.24) is 4.31 Å². The van der Waals surface area contributed by atoms with Crippen LogP contribution < -0.4 is 5.32 Å². The Morgan fingerprint density at radius 3 is 2.52 bits per heavy atom. The quantitative estimate of drug-likeness (QED) is 0.616. The molecule has 1 N–H and O–H groups in total. The van der Waals surface area contributed by atoms with Crippen molar-refractivity contribution in [2.45, 2.75) is 31.1 Å². The summed E-state index contributed by atoms with van der Waals surface area (Å²) in [6.07, 6.45) is 1.86. The number of anilines is 1. The zero-order valence-corrected chi connectivity index (χ0v) is 14.1. The lowest BCUT2D eigenvalue weighted by Gasteiger charge is -2.15. The average molecular weight is 333 g/mol. The summed E-state index contributed by atoms with van der Waals surface area (Å²) in [4.78, 5) is 12.0. The van der Waals surface area contributed by atoms with Crippen LogP contribution in [-0.4, -0.2) is 38.6 Å². The molecule has 0 unspecified atom stereocenters. The third-order valence-corrected chi connectivity index (χ3v) is 5.24. The van der Waals surface area contributed by atoms with E-state index in [1.807, 2.05) is 0 Å². The van der Waals surface area contributed by atoms with E-state index >= 15 is 0 Å². The lowest BCUT2D eigenvalue weighted by molar-refractivity contribution is -0.116. The topological polar surface area (TPSA) is 66.5 Å². The number of carbonyl (C=O) groups excluding carboxylic acids is 1. The summed E-state index contributed by atoms with van der Waals surface area (Å²) in [7, 11) is -0.565. The van der Waals surface area contributed by atoms with Gasteiger partial charge in [0.15, 0.2) is 0 Å². The van der Waals surface area contributed by atoms with Gasteiger partial charge in [-0.1, -0.05) is 6.07 Å². The van der Waals surface area contributed by atoms with Gasteiger partial charge >= 0.3 is 0 Å². The maximum absolute atomic E-state index is 12.2. The average Bonchev–Trinajstić information content (AvgIpc) is 2.41. The second kappa shape index (κ2) is 7.77. The van der Waals surface area contributed by atoms with Crippen molar-refractivity contribution in [2.24, 2.45) is 0 Å².